The van der Waals surface area contributed by atoms with Crippen LogP contribution in [0.5, 0.6) is 5.75 Å². The molecule has 0 heterocycles. The fourth-order valence-corrected chi connectivity index (χ4v) is 1.00. The molecule has 0 spiro atoms. The SMILES string of the molecule is CCOCc1cc(OC)ccc1F. The van der Waals surface area contributed by atoms with Crippen molar-refractivity contribution in [1.82, 2.24) is 0 Å². The van der Waals surface area contributed by atoms with Crippen molar-refractivity contribution in [2.75, 3.05) is 13.7 Å². The second kappa shape index (κ2) is 4.82. The zero-order chi connectivity index (χ0) is 9.68. The van der Waals surface area contributed by atoms with E-state index in [0.29, 0.717) is 24.5 Å². The lowest BCUT2D eigenvalue weighted by Gasteiger charge is -2.05. The summed E-state index contributed by atoms with van der Waals surface area (Å²) in [5.41, 5.74) is 0.529. The van der Waals surface area contributed by atoms with Gasteiger partial charge in [-0.05, 0) is 25.1 Å². The molecule has 0 aliphatic rings. The van der Waals surface area contributed by atoms with E-state index in [1.807, 2.05) is 6.92 Å². The molecular weight excluding hydrogens is 171 g/mol. The minimum Gasteiger partial charge on any atom is -0.497 e. The Hall–Kier alpha value is -1.09. The van der Waals surface area contributed by atoms with Crippen LogP contribution in [0.4, 0.5) is 4.39 Å². The molecule has 3 heteroatoms. The Balaban J connectivity index is 2.78. The van der Waals surface area contributed by atoms with E-state index in [0.717, 1.165) is 0 Å². The Kier molecular flexibility index (Phi) is 3.71. The molecule has 1 aromatic carbocycles. The molecule has 0 fully saturated rings. The molecule has 0 saturated heterocycles. The van der Waals surface area contributed by atoms with E-state index >= 15 is 0 Å². The van der Waals surface area contributed by atoms with E-state index in [2.05, 4.69) is 0 Å². The van der Waals surface area contributed by atoms with Crippen molar-refractivity contribution in [2.24, 2.45) is 0 Å². The summed E-state index contributed by atoms with van der Waals surface area (Å²) in [6.45, 7) is 2.74. The first-order chi connectivity index (χ1) is 6.27. The summed E-state index contributed by atoms with van der Waals surface area (Å²) in [4.78, 5) is 0. The molecule has 0 atom stereocenters. The monoisotopic (exact) mass is 184 g/mol. The Morgan fingerprint density at radius 3 is 2.77 bits per heavy atom. The van der Waals surface area contributed by atoms with Crippen LogP contribution < -0.4 is 4.74 Å². The van der Waals surface area contributed by atoms with E-state index in [1.165, 1.54) is 6.07 Å². The number of methoxy groups -OCH3 is 1. The molecule has 0 saturated carbocycles. The van der Waals surface area contributed by atoms with E-state index < -0.39 is 0 Å². The molecule has 0 amide bonds. The summed E-state index contributed by atoms with van der Waals surface area (Å²) in [5.74, 6) is 0.394. The van der Waals surface area contributed by atoms with Crippen LogP contribution >= 0.6 is 0 Å². The number of hydrogen-bond acceptors (Lipinski definition) is 2. The highest BCUT2D eigenvalue weighted by atomic mass is 19.1. The van der Waals surface area contributed by atoms with Crippen molar-refractivity contribution in [1.29, 1.82) is 0 Å². The molecule has 0 aliphatic heterocycles. The van der Waals surface area contributed by atoms with Crippen LogP contribution in [-0.2, 0) is 11.3 Å². The zero-order valence-electron chi connectivity index (χ0n) is 7.84. The Labute approximate surface area is 77.3 Å². The van der Waals surface area contributed by atoms with Gasteiger partial charge in [0.25, 0.3) is 0 Å². The fraction of sp³-hybridized carbons (Fsp3) is 0.400. The van der Waals surface area contributed by atoms with Crippen LogP contribution in [0.1, 0.15) is 12.5 Å². The first-order valence-corrected chi connectivity index (χ1v) is 4.18. The third kappa shape index (κ3) is 2.70. The van der Waals surface area contributed by atoms with Gasteiger partial charge in [0.05, 0.1) is 13.7 Å². The third-order valence-electron chi connectivity index (χ3n) is 1.71. The van der Waals surface area contributed by atoms with Gasteiger partial charge in [-0.3, -0.25) is 0 Å². The van der Waals surface area contributed by atoms with Gasteiger partial charge in [0.2, 0.25) is 0 Å². The van der Waals surface area contributed by atoms with Crippen molar-refractivity contribution in [3.8, 4) is 5.75 Å². The first kappa shape index (κ1) is 9.99. The number of benzene rings is 1. The fourth-order valence-electron chi connectivity index (χ4n) is 1.00. The molecule has 0 bridgehead atoms. The van der Waals surface area contributed by atoms with Gasteiger partial charge >= 0.3 is 0 Å². The highest BCUT2D eigenvalue weighted by Crippen LogP contribution is 2.16. The summed E-state index contributed by atoms with van der Waals surface area (Å²) in [6.07, 6.45) is 0. The average molecular weight is 184 g/mol. The molecule has 1 aromatic rings. The molecule has 2 nitrogen and oxygen atoms in total. The van der Waals surface area contributed by atoms with Gasteiger partial charge in [-0.2, -0.15) is 0 Å². The number of ether oxygens (including phenoxy) is 2. The highest BCUT2D eigenvalue weighted by molar-refractivity contribution is 5.29. The van der Waals surface area contributed by atoms with Crippen LogP contribution in [0.15, 0.2) is 18.2 Å². The Morgan fingerprint density at radius 1 is 1.38 bits per heavy atom. The molecule has 0 unspecified atom stereocenters. The van der Waals surface area contributed by atoms with Gasteiger partial charge in [-0.25, -0.2) is 4.39 Å². The van der Waals surface area contributed by atoms with Gasteiger partial charge in [0.1, 0.15) is 11.6 Å². The van der Waals surface area contributed by atoms with Crippen molar-refractivity contribution in [3.63, 3.8) is 0 Å². The van der Waals surface area contributed by atoms with Crippen molar-refractivity contribution in [2.45, 2.75) is 13.5 Å². The van der Waals surface area contributed by atoms with Crippen LogP contribution in [-0.4, -0.2) is 13.7 Å². The maximum absolute atomic E-state index is 13.1. The first-order valence-electron chi connectivity index (χ1n) is 4.18. The number of rotatable bonds is 4. The minimum atomic E-state index is -0.255. The largest absolute Gasteiger partial charge is 0.497 e. The van der Waals surface area contributed by atoms with Crippen molar-refractivity contribution in [3.05, 3.63) is 29.6 Å². The Bertz CT molecular complexity index is 274. The quantitative estimate of drug-likeness (QED) is 0.715. The molecule has 0 aliphatic carbocycles. The van der Waals surface area contributed by atoms with E-state index in [-0.39, 0.29) is 5.82 Å². The summed E-state index contributed by atoms with van der Waals surface area (Å²) in [6, 6.07) is 4.61. The smallest absolute Gasteiger partial charge is 0.128 e. The van der Waals surface area contributed by atoms with Crippen LogP contribution in [0.25, 0.3) is 0 Å². The second-order valence-corrected chi connectivity index (χ2v) is 2.59. The molecule has 0 aromatic heterocycles. The minimum absolute atomic E-state index is 0.255. The standard InChI is InChI=1S/C10H13FO2/c1-3-13-7-8-6-9(12-2)4-5-10(8)11/h4-6H,3,7H2,1-2H3. The van der Waals surface area contributed by atoms with E-state index in [9.17, 15) is 4.39 Å². The maximum Gasteiger partial charge on any atom is 0.128 e. The van der Waals surface area contributed by atoms with Gasteiger partial charge in [0.15, 0.2) is 0 Å². The molecular formula is C10H13FO2. The zero-order valence-corrected chi connectivity index (χ0v) is 7.84. The highest BCUT2D eigenvalue weighted by Gasteiger charge is 2.03. The normalized spacial score (nSPS) is 10.1. The molecule has 1 rings (SSSR count). The molecule has 0 radical (unpaired) electrons. The van der Waals surface area contributed by atoms with Gasteiger partial charge in [0, 0.05) is 12.2 Å². The summed E-state index contributed by atoms with van der Waals surface area (Å²) < 4.78 is 23.2. The predicted octanol–water partition coefficient (Wildman–Crippen LogP) is 2.37. The van der Waals surface area contributed by atoms with E-state index in [1.54, 1.807) is 19.2 Å². The third-order valence-corrected chi connectivity index (χ3v) is 1.71. The summed E-state index contributed by atoms with van der Waals surface area (Å²) in [7, 11) is 1.55. The van der Waals surface area contributed by atoms with Gasteiger partial charge < -0.3 is 9.47 Å². The second-order valence-electron chi connectivity index (χ2n) is 2.59. The topological polar surface area (TPSA) is 18.5 Å². The maximum atomic E-state index is 13.1. The van der Waals surface area contributed by atoms with Crippen LogP contribution in [0.3, 0.4) is 0 Å². The van der Waals surface area contributed by atoms with Gasteiger partial charge in [-0.15, -0.1) is 0 Å². The molecule has 72 valence electrons. The average Bonchev–Trinajstić information content (AvgIpc) is 2.17. The molecule has 13 heavy (non-hydrogen) atoms. The molecule has 0 N–H and O–H groups in total. The summed E-state index contributed by atoms with van der Waals surface area (Å²) in [5, 5.41) is 0. The lowest BCUT2D eigenvalue weighted by molar-refractivity contribution is 0.131. The van der Waals surface area contributed by atoms with Crippen molar-refractivity contribution < 1.29 is 13.9 Å². The Morgan fingerprint density at radius 2 is 2.15 bits per heavy atom. The summed E-state index contributed by atoms with van der Waals surface area (Å²) >= 11 is 0. The lowest BCUT2D eigenvalue weighted by Crippen LogP contribution is -1.96. The van der Waals surface area contributed by atoms with Crippen molar-refractivity contribution >= 4 is 0 Å². The van der Waals surface area contributed by atoms with E-state index in [4.69, 9.17) is 9.47 Å². The number of hydrogen-bond donors (Lipinski definition) is 0. The lowest BCUT2D eigenvalue weighted by atomic mass is 10.2. The van der Waals surface area contributed by atoms with Gasteiger partial charge in [-0.1, -0.05) is 0 Å². The number of halogens is 1. The predicted molar refractivity (Wildman–Crippen MR) is 48.3 cm³/mol. The van der Waals surface area contributed by atoms with Crippen LogP contribution in [0.2, 0.25) is 0 Å². The van der Waals surface area contributed by atoms with Crippen LogP contribution in [0, 0.1) is 5.82 Å².